The average Bonchev–Trinajstić information content (AvgIpc) is 2.94. The molecule has 2 aromatic rings. The van der Waals surface area contributed by atoms with Crippen molar-refractivity contribution in [3.63, 3.8) is 0 Å². The van der Waals surface area contributed by atoms with Crippen LogP contribution in [0.5, 0.6) is 0 Å². The fraction of sp³-hybridized carbons (Fsp3) is 0.474. The van der Waals surface area contributed by atoms with Gasteiger partial charge in [0.05, 0.1) is 6.04 Å². The molecular formula is C19H25NS. The summed E-state index contributed by atoms with van der Waals surface area (Å²) in [6.45, 7) is 4.50. The Bertz CT molecular complexity index is 559. The van der Waals surface area contributed by atoms with Crippen LogP contribution >= 0.6 is 11.3 Å². The van der Waals surface area contributed by atoms with Gasteiger partial charge in [-0.05, 0) is 68.4 Å². The third-order valence-electron chi connectivity index (χ3n) is 4.32. The number of aryl methyl sites for hydroxylation is 3. The molecule has 1 aromatic carbocycles. The molecule has 1 heterocycles. The van der Waals surface area contributed by atoms with Gasteiger partial charge in [-0.15, -0.1) is 11.3 Å². The Kier molecular flexibility index (Phi) is 4.64. The zero-order valence-corrected chi connectivity index (χ0v) is 13.9. The number of benzene rings is 1. The van der Waals surface area contributed by atoms with E-state index in [9.17, 15) is 0 Å². The smallest absolute Gasteiger partial charge is 0.0578 e. The molecule has 1 N–H and O–H groups in total. The first-order valence-corrected chi connectivity index (χ1v) is 9.05. The maximum Gasteiger partial charge on any atom is 0.0578 e. The van der Waals surface area contributed by atoms with Crippen LogP contribution in [0, 0.1) is 0 Å². The maximum atomic E-state index is 3.65. The molecule has 0 fully saturated rings. The SMILES string of the molecule is CCCc1ccc(NC(C)c2cc3c(s2)CCCC3)cc1. The molecule has 1 atom stereocenters. The predicted octanol–water partition coefficient (Wildman–Crippen LogP) is 5.75. The first-order chi connectivity index (χ1) is 10.3. The molecule has 1 aliphatic rings. The molecule has 0 aliphatic heterocycles. The van der Waals surface area contributed by atoms with Crippen LogP contribution in [0.4, 0.5) is 5.69 Å². The largest absolute Gasteiger partial charge is 0.378 e. The summed E-state index contributed by atoms with van der Waals surface area (Å²) < 4.78 is 0. The lowest BCUT2D eigenvalue weighted by molar-refractivity contribution is 0.696. The van der Waals surface area contributed by atoms with Crippen LogP contribution in [-0.2, 0) is 19.3 Å². The van der Waals surface area contributed by atoms with Gasteiger partial charge in [-0.25, -0.2) is 0 Å². The fourth-order valence-corrected chi connectivity index (χ4v) is 4.36. The highest BCUT2D eigenvalue weighted by atomic mass is 32.1. The number of anilines is 1. The Balaban J connectivity index is 1.67. The number of nitrogens with one attached hydrogen (secondary N) is 1. The van der Waals surface area contributed by atoms with E-state index in [0.29, 0.717) is 6.04 Å². The van der Waals surface area contributed by atoms with Crippen molar-refractivity contribution in [3.05, 3.63) is 51.2 Å². The number of hydrogen-bond donors (Lipinski definition) is 1. The van der Waals surface area contributed by atoms with Gasteiger partial charge < -0.3 is 5.32 Å². The van der Waals surface area contributed by atoms with Crippen LogP contribution in [0.1, 0.15) is 60.0 Å². The summed E-state index contributed by atoms with van der Waals surface area (Å²) in [5, 5.41) is 3.65. The minimum Gasteiger partial charge on any atom is -0.378 e. The van der Waals surface area contributed by atoms with Gasteiger partial charge in [0.15, 0.2) is 0 Å². The summed E-state index contributed by atoms with van der Waals surface area (Å²) in [6, 6.07) is 11.8. The van der Waals surface area contributed by atoms with Gasteiger partial charge >= 0.3 is 0 Å². The van der Waals surface area contributed by atoms with Crippen molar-refractivity contribution in [2.75, 3.05) is 5.32 Å². The second-order valence-electron chi connectivity index (χ2n) is 6.12. The standard InChI is InChI=1S/C19H25NS/c1-3-6-15-9-11-17(12-10-15)20-14(2)19-13-16-7-4-5-8-18(16)21-19/h9-14,20H,3-8H2,1-2H3. The maximum absolute atomic E-state index is 3.65. The molecule has 0 radical (unpaired) electrons. The minimum atomic E-state index is 0.401. The second kappa shape index (κ2) is 6.65. The molecule has 3 rings (SSSR count). The van der Waals surface area contributed by atoms with Crippen molar-refractivity contribution < 1.29 is 0 Å². The second-order valence-corrected chi connectivity index (χ2v) is 7.29. The molecule has 2 heteroatoms. The van der Waals surface area contributed by atoms with Crippen molar-refractivity contribution in [2.45, 2.75) is 58.4 Å². The molecular weight excluding hydrogens is 274 g/mol. The summed E-state index contributed by atoms with van der Waals surface area (Å²) in [6.07, 6.45) is 7.69. The van der Waals surface area contributed by atoms with E-state index >= 15 is 0 Å². The Morgan fingerprint density at radius 1 is 1.14 bits per heavy atom. The van der Waals surface area contributed by atoms with E-state index in [-0.39, 0.29) is 0 Å². The number of rotatable bonds is 5. The van der Waals surface area contributed by atoms with Crippen molar-refractivity contribution in [1.82, 2.24) is 0 Å². The molecule has 1 nitrogen and oxygen atoms in total. The quantitative estimate of drug-likeness (QED) is 0.741. The lowest BCUT2D eigenvalue weighted by atomic mass is 9.99. The molecule has 0 saturated carbocycles. The highest BCUT2D eigenvalue weighted by Crippen LogP contribution is 2.34. The Morgan fingerprint density at radius 2 is 1.90 bits per heavy atom. The van der Waals surface area contributed by atoms with E-state index < -0.39 is 0 Å². The van der Waals surface area contributed by atoms with Gasteiger partial charge in [0.2, 0.25) is 0 Å². The average molecular weight is 299 g/mol. The summed E-state index contributed by atoms with van der Waals surface area (Å²) in [4.78, 5) is 3.11. The topological polar surface area (TPSA) is 12.0 Å². The molecule has 0 bridgehead atoms. The molecule has 1 unspecified atom stereocenters. The van der Waals surface area contributed by atoms with Crippen molar-refractivity contribution in [2.24, 2.45) is 0 Å². The van der Waals surface area contributed by atoms with Crippen molar-refractivity contribution >= 4 is 17.0 Å². The molecule has 0 spiro atoms. The normalized spacial score (nSPS) is 15.5. The minimum absolute atomic E-state index is 0.401. The lowest BCUT2D eigenvalue weighted by Gasteiger charge is -2.14. The third kappa shape index (κ3) is 3.49. The van der Waals surface area contributed by atoms with E-state index in [0.717, 1.165) is 0 Å². The number of thiophene rings is 1. The Hall–Kier alpha value is -1.28. The zero-order valence-electron chi connectivity index (χ0n) is 13.1. The molecule has 112 valence electrons. The van der Waals surface area contributed by atoms with E-state index in [1.54, 1.807) is 10.4 Å². The van der Waals surface area contributed by atoms with E-state index in [1.807, 2.05) is 11.3 Å². The van der Waals surface area contributed by atoms with Gasteiger partial charge in [-0.1, -0.05) is 25.5 Å². The van der Waals surface area contributed by atoms with Crippen LogP contribution < -0.4 is 5.32 Å². The van der Waals surface area contributed by atoms with E-state index in [2.05, 4.69) is 49.5 Å². The van der Waals surface area contributed by atoms with Crippen molar-refractivity contribution in [1.29, 1.82) is 0 Å². The first-order valence-electron chi connectivity index (χ1n) is 8.23. The highest BCUT2D eigenvalue weighted by Gasteiger charge is 2.16. The number of fused-ring (bicyclic) bond motifs is 1. The molecule has 21 heavy (non-hydrogen) atoms. The lowest BCUT2D eigenvalue weighted by Crippen LogP contribution is -2.04. The molecule has 1 aromatic heterocycles. The highest BCUT2D eigenvalue weighted by molar-refractivity contribution is 7.12. The number of hydrogen-bond acceptors (Lipinski definition) is 2. The van der Waals surface area contributed by atoms with Crippen LogP contribution in [0.25, 0.3) is 0 Å². The molecule has 0 saturated heterocycles. The molecule has 0 amide bonds. The summed E-state index contributed by atoms with van der Waals surface area (Å²) in [5.41, 5.74) is 4.27. The van der Waals surface area contributed by atoms with Crippen LogP contribution in [0.15, 0.2) is 30.3 Å². The van der Waals surface area contributed by atoms with E-state index in [1.165, 1.54) is 54.7 Å². The van der Waals surface area contributed by atoms with Crippen LogP contribution in [0.2, 0.25) is 0 Å². The summed E-state index contributed by atoms with van der Waals surface area (Å²) in [5.74, 6) is 0. The third-order valence-corrected chi connectivity index (χ3v) is 5.74. The summed E-state index contributed by atoms with van der Waals surface area (Å²) >= 11 is 2.01. The predicted molar refractivity (Wildman–Crippen MR) is 93.4 cm³/mol. The van der Waals surface area contributed by atoms with Crippen LogP contribution in [-0.4, -0.2) is 0 Å². The van der Waals surface area contributed by atoms with Crippen molar-refractivity contribution in [3.8, 4) is 0 Å². The Labute approximate surface area is 132 Å². The van der Waals surface area contributed by atoms with Crippen LogP contribution in [0.3, 0.4) is 0 Å². The zero-order chi connectivity index (χ0) is 14.7. The first kappa shape index (κ1) is 14.6. The summed E-state index contributed by atoms with van der Waals surface area (Å²) in [7, 11) is 0. The van der Waals surface area contributed by atoms with Gasteiger partial charge in [0.1, 0.15) is 0 Å². The fourth-order valence-electron chi connectivity index (χ4n) is 3.10. The van der Waals surface area contributed by atoms with Gasteiger partial charge in [-0.3, -0.25) is 0 Å². The molecule has 1 aliphatic carbocycles. The monoisotopic (exact) mass is 299 g/mol. The van der Waals surface area contributed by atoms with E-state index in [4.69, 9.17) is 0 Å². The van der Waals surface area contributed by atoms with Gasteiger partial charge in [0.25, 0.3) is 0 Å². The Morgan fingerprint density at radius 3 is 2.62 bits per heavy atom. The van der Waals surface area contributed by atoms with Gasteiger partial charge in [-0.2, -0.15) is 0 Å². The van der Waals surface area contributed by atoms with Gasteiger partial charge in [0, 0.05) is 15.4 Å².